The molecule has 0 saturated heterocycles. The molecule has 1 aliphatic rings. The number of fused-ring (bicyclic) bond motifs is 1. The molecule has 1 aliphatic carbocycles. The van der Waals surface area contributed by atoms with Crippen LogP contribution in [0.15, 0.2) is 0 Å². The summed E-state index contributed by atoms with van der Waals surface area (Å²) in [6.45, 7) is 0. The first kappa shape index (κ1) is 8.37. The van der Waals surface area contributed by atoms with E-state index in [9.17, 15) is 4.39 Å². The molecule has 0 fully saturated rings. The Morgan fingerprint density at radius 3 is 2.77 bits per heavy atom. The lowest BCUT2D eigenvalue weighted by atomic mass is 9.97. The van der Waals surface area contributed by atoms with Crippen molar-refractivity contribution in [3.05, 3.63) is 17.3 Å². The fourth-order valence-electron chi connectivity index (χ4n) is 1.68. The second kappa shape index (κ2) is 3.26. The first-order valence-electron chi connectivity index (χ1n) is 4.33. The molecule has 0 spiro atoms. The van der Waals surface area contributed by atoms with Crippen LogP contribution in [0, 0.1) is 6.08 Å². The van der Waals surface area contributed by atoms with Crippen LogP contribution in [0.3, 0.4) is 0 Å². The summed E-state index contributed by atoms with van der Waals surface area (Å²) in [4.78, 5) is 7.34. The van der Waals surface area contributed by atoms with E-state index in [1.807, 2.05) is 0 Å². The second-order valence-corrected chi connectivity index (χ2v) is 3.12. The Morgan fingerprint density at radius 1 is 1.23 bits per heavy atom. The van der Waals surface area contributed by atoms with Gasteiger partial charge in [0, 0.05) is 5.56 Å². The number of hydrogen-bond acceptors (Lipinski definition) is 4. The van der Waals surface area contributed by atoms with Gasteiger partial charge in [0.05, 0.1) is 5.69 Å². The third-order valence-corrected chi connectivity index (χ3v) is 2.29. The lowest BCUT2D eigenvalue weighted by Gasteiger charge is -2.16. The van der Waals surface area contributed by atoms with Gasteiger partial charge in [0.25, 0.3) is 0 Å². The molecular weight excluding hydrogens is 171 g/mol. The summed E-state index contributed by atoms with van der Waals surface area (Å²) in [5.74, 6) is 5.67. The van der Waals surface area contributed by atoms with Gasteiger partial charge < -0.3 is 5.43 Å². The zero-order valence-corrected chi connectivity index (χ0v) is 7.18. The molecule has 0 aliphatic heterocycles. The van der Waals surface area contributed by atoms with Gasteiger partial charge in [-0.3, -0.25) is 0 Å². The van der Waals surface area contributed by atoms with Crippen molar-refractivity contribution in [2.75, 3.05) is 5.43 Å². The van der Waals surface area contributed by atoms with Gasteiger partial charge in [0.15, 0.2) is 0 Å². The maximum Gasteiger partial charge on any atom is 0.310 e. The maximum absolute atomic E-state index is 12.8. The van der Waals surface area contributed by atoms with Gasteiger partial charge >= 0.3 is 6.08 Å². The van der Waals surface area contributed by atoms with E-state index < -0.39 is 6.08 Å². The topological polar surface area (TPSA) is 63.8 Å². The number of anilines is 1. The van der Waals surface area contributed by atoms with Crippen LogP contribution in [0.2, 0.25) is 0 Å². The van der Waals surface area contributed by atoms with Crippen molar-refractivity contribution in [3.63, 3.8) is 0 Å². The van der Waals surface area contributed by atoms with E-state index in [1.54, 1.807) is 0 Å². The molecule has 1 heterocycles. The summed E-state index contributed by atoms with van der Waals surface area (Å²) in [7, 11) is 0. The van der Waals surface area contributed by atoms with Crippen LogP contribution in [0.1, 0.15) is 24.1 Å². The van der Waals surface area contributed by atoms with Crippen molar-refractivity contribution in [1.29, 1.82) is 0 Å². The van der Waals surface area contributed by atoms with Crippen molar-refractivity contribution < 1.29 is 4.39 Å². The quantitative estimate of drug-likeness (QED) is 0.382. The molecule has 13 heavy (non-hydrogen) atoms. The number of rotatable bonds is 1. The predicted molar refractivity (Wildman–Crippen MR) is 46.4 cm³/mol. The number of hydrazine groups is 1. The summed E-state index contributed by atoms with van der Waals surface area (Å²) in [6, 6.07) is 0. The molecule has 0 bridgehead atoms. The van der Waals surface area contributed by atoms with E-state index in [0.717, 1.165) is 36.9 Å². The number of nitrogen functional groups attached to an aromatic ring is 1. The monoisotopic (exact) mass is 182 g/mol. The highest BCUT2D eigenvalue weighted by molar-refractivity contribution is 5.45. The molecule has 0 atom stereocenters. The van der Waals surface area contributed by atoms with Crippen LogP contribution in [-0.2, 0) is 12.8 Å². The number of nitrogens with zero attached hydrogens (tertiary/aromatic N) is 2. The number of nitrogens with one attached hydrogen (secondary N) is 1. The lowest BCUT2D eigenvalue weighted by Crippen LogP contribution is -2.17. The molecule has 5 heteroatoms. The maximum atomic E-state index is 12.8. The van der Waals surface area contributed by atoms with Crippen LogP contribution < -0.4 is 11.3 Å². The highest BCUT2D eigenvalue weighted by Crippen LogP contribution is 2.24. The van der Waals surface area contributed by atoms with Gasteiger partial charge in [-0.05, 0) is 25.7 Å². The van der Waals surface area contributed by atoms with Gasteiger partial charge in [-0.25, -0.2) is 10.8 Å². The van der Waals surface area contributed by atoms with Gasteiger partial charge in [0.1, 0.15) is 5.82 Å². The van der Waals surface area contributed by atoms with E-state index in [4.69, 9.17) is 5.84 Å². The highest BCUT2D eigenvalue weighted by Gasteiger charge is 2.16. The van der Waals surface area contributed by atoms with E-state index >= 15 is 0 Å². The molecular formula is C8H11FN4. The third-order valence-electron chi connectivity index (χ3n) is 2.29. The third kappa shape index (κ3) is 1.47. The molecule has 0 saturated carbocycles. The second-order valence-electron chi connectivity index (χ2n) is 3.12. The molecule has 2 rings (SSSR count). The fourth-order valence-corrected chi connectivity index (χ4v) is 1.68. The summed E-state index contributed by atoms with van der Waals surface area (Å²) >= 11 is 0. The van der Waals surface area contributed by atoms with Crippen molar-refractivity contribution in [3.8, 4) is 0 Å². The summed E-state index contributed by atoms with van der Waals surface area (Å²) in [5.41, 5.74) is 4.17. The number of nitrogens with two attached hydrogens (primary N) is 1. The Bertz CT molecular complexity index is 309. The number of hydrogen-bond donors (Lipinski definition) is 2. The largest absolute Gasteiger partial charge is 0.310 e. The van der Waals surface area contributed by atoms with Crippen LogP contribution in [-0.4, -0.2) is 9.97 Å². The lowest BCUT2D eigenvalue weighted by molar-refractivity contribution is 0.520. The van der Waals surface area contributed by atoms with Gasteiger partial charge in [-0.1, -0.05) is 0 Å². The van der Waals surface area contributed by atoms with Crippen LogP contribution >= 0.6 is 0 Å². The first-order valence-corrected chi connectivity index (χ1v) is 4.33. The average molecular weight is 182 g/mol. The zero-order valence-electron chi connectivity index (χ0n) is 7.18. The molecule has 1 aromatic heterocycles. The predicted octanol–water partition coefficient (Wildman–Crippen LogP) is 0.780. The molecule has 1 aromatic rings. The molecule has 0 radical (unpaired) electrons. The summed E-state index contributed by atoms with van der Waals surface area (Å²) in [5, 5.41) is 0. The van der Waals surface area contributed by atoms with E-state index in [0.29, 0.717) is 5.82 Å². The SMILES string of the molecule is NNc1nc(F)nc2c1CCCC2. The normalized spacial score (nSPS) is 15.2. The van der Waals surface area contributed by atoms with Crippen LogP contribution in [0.4, 0.5) is 10.2 Å². The smallest absolute Gasteiger partial charge is 0.308 e. The molecule has 70 valence electrons. The Balaban J connectivity index is 2.50. The Hall–Kier alpha value is -1.23. The van der Waals surface area contributed by atoms with Crippen molar-refractivity contribution >= 4 is 5.82 Å². The van der Waals surface area contributed by atoms with Crippen LogP contribution in [0.5, 0.6) is 0 Å². The minimum atomic E-state index is -0.700. The Labute approximate surface area is 75.4 Å². The van der Waals surface area contributed by atoms with E-state index in [-0.39, 0.29) is 0 Å². The molecule has 0 aromatic carbocycles. The van der Waals surface area contributed by atoms with E-state index in [1.165, 1.54) is 0 Å². The van der Waals surface area contributed by atoms with Gasteiger partial charge in [0.2, 0.25) is 0 Å². The van der Waals surface area contributed by atoms with Gasteiger partial charge in [-0.15, -0.1) is 0 Å². The average Bonchev–Trinajstić information content (AvgIpc) is 2.16. The Morgan fingerprint density at radius 2 is 2.00 bits per heavy atom. The van der Waals surface area contributed by atoms with Gasteiger partial charge in [-0.2, -0.15) is 9.37 Å². The Kier molecular flexibility index (Phi) is 2.10. The molecule has 3 N–H and O–H groups in total. The van der Waals surface area contributed by atoms with E-state index in [2.05, 4.69) is 15.4 Å². The minimum Gasteiger partial charge on any atom is -0.308 e. The van der Waals surface area contributed by atoms with Crippen molar-refractivity contribution in [2.24, 2.45) is 5.84 Å². The molecule has 0 unspecified atom stereocenters. The molecule has 0 amide bonds. The van der Waals surface area contributed by atoms with Crippen molar-refractivity contribution in [2.45, 2.75) is 25.7 Å². The minimum absolute atomic E-state index is 0.433. The first-order chi connectivity index (χ1) is 6.31. The molecule has 4 nitrogen and oxygen atoms in total. The number of aromatic nitrogens is 2. The zero-order chi connectivity index (χ0) is 9.26. The van der Waals surface area contributed by atoms with Crippen molar-refractivity contribution in [1.82, 2.24) is 9.97 Å². The number of halogens is 1. The highest BCUT2D eigenvalue weighted by atomic mass is 19.1. The van der Waals surface area contributed by atoms with Crippen LogP contribution in [0.25, 0.3) is 0 Å². The number of aryl methyl sites for hydroxylation is 1. The summed E-state index contributed by atoms with van der Waals surface area (Å²) < 4.78 is 12.8. The standard InChI is InChI=1S/C8H11FN4/c9-8-11-6-4-2-1-3-5(6)7(12-8)13-10/h1-4,10H2,(H,11,12,13). The fraction of sp³-hybridized carbons (Fsp3) is 0.500. The summed E-state index contributed by atoms with van der Waals surface area (Å²) in [6.07, 6.45) is 3.16.